The first-order valence-electron chi connectivity index (χ1n) is 7.38. The van der Waals surface area contributed by atoms with Crippen molar-refractivity contribution in [3.8, 4) is 0 Å². The van der Waals surface area contributed by atoms with E-state index in [1.807, 2.05) is 13.0 Å². The highest BCUT2D eigenvalue weighted by atomic mass is 19.1. The van der Waals surface area contributed by atoms with Gasteiger partial charge < -0.3 is 10.5 Å². The molecule has 3 nitrogen and oxygen atoms in total. The van der Waals surface area contributed by atoms with Crippen LogP contribution in [-0.2, 0) is 4.74 Å². The number of nitrogens with zero attached hydrogens (tertiary/aromatic N) is 1. The van der Waals surface area contributed by atoms with Gasteiger partial charge in [0, 0.05) is 19.7 Å². The fraction of sp³-hybridized carbons (Fsp3) is 0.625. The number of hydrogen-bond acceptors (Lipinski definition) is 3. The van der Waals surface area contributed by atoms with Crippen LogP contribution in [0, 0.1) is 12.7 Å². The van der Waals surface area contributed by atoms with Crippen LogP contribution in [0.1, 0.15) is 36.4 Å². The third-order valence-corrected chi connectivity index (χ3v) is 4.17. The standard InChI is InChI=1S/C16H25FN2O/c1-12-6-7-13(17)11-14(12)16-15(18)5-3-4-8-19(16)9-10-20-2/h6-7,11,15-16H,3-5,8-10,18H2,1-2H3. The lowest BCUT2D eigenvalue weighted by Crippen LogP contribution is -2.41. The van der Waals surface area contributed by atoms with Crippen LogP contribution >= 0.6 is 0 Å². The van der Waals surface area contributed by atoms with Crippen LogP contribution in [0.4, 0.5) is 4.39 Å². The predicted molar refractivity (Wildman–Crippen MR) is 79.2 cm³/mol. The molecule has 1 aliphatic heterocycles. The Hall–Kier alpha value is -0.970. The van der Waals surface area contributed by atoms with Crippen molar-refractivity contribution in [2.45, 2.75) is 38.3 Å². The van der Waals surface area contributed by atoms with Crippen molar-refractivity contribution in [1.82, 2.24) is 4.90 Å². The number of likely N-dealkylation sites (tertiary alicyclic amines) is 1. The quantitative estimate of drug-likeness (QED) is 0.921. The molecule has 0 aromatic heterocycles. The van der Waals surface area contributed by atoms with Gasteiger partial charge in [-0.3, -0.25) is 4.90 Å². The van der Waals surface area contributed by atoms with E-state index in [4.69, 9.17) is 10.5 Å². The van der Waals surface area contributed by atoms with Gasteiger partial charge in [-0.05, 0) is 49.6 Å². The summed E-state index contributed by atoms with van der Waals surface area (Å²) in [6.07, 6.45) is 3.27. The van der Waals surface area contributed by atoms with Crippen LogP contribution in [0.5, 0.6) is 0 Å². The maximum absolute atomic E-state index is 13.6. The lowest BCUT2D eigenvalue weighted by Gasteiger charge is -2.34. The lowest BCUT2D eigenvalue weighted by molar-refractivity contribution is 0.114. The second kappa shape index (κ2) is 7.16. The molecule has 20 heavy (non-hydrogen) atoms. The van der Waals surface area contributed by atoms with Crippen LogP contribution in [0.15, 0.2) is 18.2 Å². The fourth-order valence-electron chi connectivity index (χ4n) is 3.08. The molecule has 0 saturated carbocycles. The molecule has 4 heteroatoms. The molecule has 2 N–H and O–H groups in total. The van der Waals surface area contributed by atoms with Crippen molar-refractivity contribution < 1.29 is 9.13 Å². The van der Waals surface area contributed by atoms with Gasteiger partial charge in [-0.15, -0.1) is 0 Å². The average Bonchev–Trinajstić information content (AvgIpc) is 2.61. The molecule has 0 bridgehead atoms. The fourth-order valence-corrected chi connectivity index (χ4v) is 3.08. The molecule has 2 rings (SSSR count). The Morgan fingerprint density at radius 3 is 2.95 bits per heavy atom. The normalized spacial score (nSPS) is 24.6. The van der Waals surface area contributed by atoms with E-state index in [0.29, 0.717) is 6.61 Å². The molecule has 1 fully saturated rings. The van der Waals surface area contributed by atoms with Crippen LogP contribution in [0.2, 0.25) is 0 Å². The summed E-state index contributed by atoms with van der Waals surface area (Å²) in [4.78, 5) is 2.35. The van der Waals surface area contributed by atoms with E-state index in [9.17, 15) is 4.39 Å². The smallest absolute Gasteiger partial charge is 0.123 e. The number of nitrogens with two attached hydrogens (primary N) is 1. The molecule has 112 valence electrons. The Labute approximate surface area is 120 Å². The lowest BCUT2D eigenvalue weighted by atomic mass is 9.93. The minimum atomic E-state index is -0.186. The average molecular weight is 280 g/mol. The summed E-state index contributed by atoms with van der Waals surface area (Å²) in [7, 11) is 1.71. The van der Waals surface area contributed by atoms with Gasteiger partial charge in [0.05, 0.1) is 12.6 Å². The Kier molecular flexibility index (Phi) is 5.52. The van der Waals surface area contributed by atoms with Gasteiger partial charge in [-0.25, -0.2) is 4.39 Å². The van der Waals surface area contributed by atoms with Crippen LogP contribution in [0.25, 0.3) is 0 Å². The molecule has 1 aliphatic rings. The van der Waals surface area contributed by atoms with Gasteiger partial charge in [-0.2, -0.15) is 0 Å². The van der Waals surface area contributed by atoms with Crippen LogP contribution in [-0.4, -0.2) is 37.7 Å². The van der Waals surface area contributed by atoms with Gasteiger partial charge in [-0.1, -0.05) is 12.5 Å². The largest absolute Gasteiger partial charge is 0.383 e. The van der Waals surface area contributed by atoms with Gasteiger partial charge in [0.15, 0.2) is 0 Å². The summed E-state index contributed by atoms with van der Waals surface area (Å²) in [5, 5.41) is 0. The molecule has 2 unspecified atom stereocenters. The Balaban J connectivity index is 2.31. The first kappa shape index (κ1) is 15.4. The van der Waals surface area contributed by atoms with E-state index in [1.165, 1.54) is 6.07 Å². The van der Waals surface area contributed by atoms with Gasteiger partial charge >= 0.3 is 0 Å². The van der Waals surface area contributed by atoms with Crippen molar-refractivity contribution in [3.63, 3.8) is 0 Å². The second-order valence-electron chi connectivity index (χ2n) is 5.63. The molecular weight excluding hydrogens is 255 g/mol. The number of halogens is 1. The SMILES string of the molecule is COCCN1CCCCC(N)C1c1cc(F)ccc1C. The van der Waals surface area contributed by atoms with E-state index in [2.05, 4.69) is 4.90 Å². The van der Waals surface area contributed by atoms with Crippen molar-refractivity contribution >= 4 is 0 Å². The molecule has 1 heterocycles. The minimum Gasteiger partial charge on any atom is -0.383 e. The number of hydrogen-bond donors (Lipinski definition) is 1. The molecule has 0 spiro atoms. The summed E-state index contributed by atoms with van der Waals surface area (Å²) in [5.41, 5.74) is 8.52. The number of ether oxygens (including phenoxy) is 1. The zero-order valence-corrected chi connectivity index (χ0v) is 12.4. The van der Waals surface area contributed by atoms with E-state index < -0.39 is 0 Å². The summed E-state index contributed by atoms with van der Waals surface area (Å²) in [6, 6.07) is 5.14. The third-order valence-electron chi connectivity index (χ3n) is 4.17. The zero-order chi connectivity index (χ0) is 14.5. The Morgan fingerprint density at radius 2 is 2.20 bits per heavy atom. The molecular formula is C16H25FN2O. The number of methoxy groups -OCH3 is 1. The van der Waals surface area contributed by atoms with Crippen molar-refractivity contribution in [2.24, 2.45) is 5.73 Å². The monoisotopic (exact) mass is 280 g/mol. The van der Waals surface area contributed by atoms with E-state index >= 15 is 0 Å². The highest BCUT2D eigenvalue weighted by molar-refractivity contribution is 5.31. The highest BCUT2D eigenvalue weighted by Gasteiger charge is 2.29. The number of aryl methyl sites for hydroxylation is 1. The van der Waals surface area contributed by atoms with Gasteiger partial charge in [0.1, 0.15) is 5.82 Å². The van der Waals surface area contributed by atoms with E-state index in [0.717, 1.165) is 43.5 Å². The summed E-state index contributed by atoms with van der Waals surface area (Å²) < 4.78 is 18.8. The summed E-state index contributed by atoms with van der Waals surface area (Å²) >= 11 is 0. The van der Waals surface area contributed by atoms with Crippen molar-refractivity contribution in [3.05, 3.63) is 35.1 Å². The first-order valence-corrected chi connectivity index (χ1v) is 7.38. The topological polar surface area (TPSA) is 38.5 Å². The Bertz CT molecular complexity index is 438. The molecule has 2 atom stereocenters. The first-order chi connectivity index (χ1) is 9.63. The number of benzene rings is 1. The molecule has 0 amide bonds. The third kappa shape index (κ3) is 3.57. The summed E-state index contributed by atoms with van der Waals surface area (Å²) in [5.74, 6) is -0.186. The van der Waals surface area contributed by atoms with Crippen LogP contribution < -0.4 is 5.73 Å². The summed E-state index contributed by atoms with van der Waals surface area (Å²) in [6.45, 7) is 4.54. The van der Waals surface area contributed by atoms with Crippen molar-refractivity contribution in [1.29, 1.82) is 0 Å². The van der Waals surface area contributed by atoms with Crippen LogP contribution in [0.3, 0.4) is 0 Å². The van der Waals surface area contributed by atoms with E-state index in [1.54, 1.807) is 13.2 Å². The van der Waals surface area contributed by atoms with Gasteiger partial charge in [0.2, 0.25) is 0 Å². The van der Waals surface area contributed by atoms with Crippen molar-refractivity contribution in [2.75, 3.05) is 26.8 Å². The van der Waals surface area contributed by atoms with E-state index in [-0.39, 0.29) is 17.9 Å². The second-order valence-corrected chi connectivity index (χ2v) is 5.63. The maximum Gasteiger partial charge on any atom is 0.123 e. The highest BCUT2D eigenvalue weighted by Crippen LogP contribution is 2.31. The minimum absolute atomic E-state index is 0.0508. The molecule has 0 aliphatic carbocycles. The maximum atomic E-state index is 13.6. The zero-order valence-electron chi connectivity index (χ0n) is 12.4. The van der Waals surface area contributed by atoms with Gasteiger partial charge in [0.25, 0.3) is 0 Å². The Morgan fingerprint density at radius 1 is 1.40 bits per heavy atom. The number of rotatable bonds is 4. The molecule has 1 saturated heterocycles. The predicted octanol–water partition coefficient (Wildman–Crippen LogP) is 2.63. The molecule has 0 radical (unpaired) electrons. The molecule has 1 aromatic carbocycles. The molecule has 1 aromatic rings.